The van der Waals surface area contributed by atoms with Crippen LogP contribution in [0.1, 0.15) is 90.4 Å². The summed E-state index contributed by atoms with van der Waals surface area (Å²) in [5.41, 5.74) is 0. The molecule has 1 aliphatic carbocycles. The second kappa shape index (κ2) is 13.9. The van der Waals surface area contributed by atoms with Gasteiger partial charge in [-0.25, -0.2) is 0 Å². The number of rotatable bonds is 14. The standard InChI is InChI=1S/C19H38ClN/c1-2-3-4-5-6-7-8-9-10-11-15-21-17-19-14-12-13-18(19)16-20/h18-19,21H,2-17H2,1H3. The summed E-state index contributed by atoms with van der Waals surface area (Å²) in [4.78, 5) is 0. The van der Waals surface area contributed by atoms with Crippen LogP contribution in [0.2, 0.25) is 0 Å². The molecule has 2 heteroatoms. The van der Waals surface area contributed by atoms with E-state index in [2.05, 4.69) is 12.2 Å². The van der Waals surface area contributed by atoms with Gasteiger partial charge in [0.15, 0.2) is 0 Å². The number of hydrogen-bond donors (Lipinski definition) is 1. The third-order valence-corrected chi connectivity index (χ3v) is 5.52. The molecule has 0 spiro atoms. The molecule has 21 heavy (non-hydrogen) atoms. The molecule has 0 aromatic carbocycles. The lowest BCUT2D eigenvalue weighted by Crippen LogP contribution is -2.26. The summed E-state index contributed by atoms with van der Waals surface area (Å²) >= 11 is 6.03. The SMILES string of the molecule is CCCCCCCCCCCCNCC1CCCC1CCl. The summed E-state index contributed by atoms with van der Waals surface area (Å²) in [6, 6.07) is 0. The fourth-order valence-corrected chi connectivity index (χ4v) is 4.02. The summed E-state index contributed by atoms with van der Waals surface area (Å²) in [5, 5.41) is 3.66. The highest BCUT2D eigenvalue weighted by atomic mass is 35.5. The number of hydrogen-bond acceptors (Lipinski definition) is 1. The molecule has 1 nitrogen and oxygen atoms in total. The third-order valence-electron chi connectivity index (χ3n) is 5.13. The second-order valence-electron chi connectivity index (χ2n) is 6.99. The molecular weight excluding hydrogens is 278 g/mol. The van der Waals surface area contributed by atoms with Crippen LogP contribution in [-0.4, -0.2) is 19.0 Å². The van der Waals surface area contributed by atoms with E-state index >= 15 is 0 Å². The van der Waals surface area contributed by atoms with E-state index in [1.165, 1.54) is 96.6 Å². The molecule has 1 fully saturated rings. The fraction of sp³-hybridized carbons (Fsp3) is 1.00. The lowest BCUT2D eigenvalue weighted by molar-refractivity contribution is 0.393. The van der Waals surface area contributed by atoms with Crippen LogP contribution in [0, 0.1) is 11.8 Å². The predicted molar refractivity (Wildman–Crippen MR) is 96.3 cm³/mol. The molecule has 0 aromatic heterocycles. The maximum absolute atomic E-state index is 6.03. The van der Waals surface area contributed by atoms with Gasteiger partial charge in [-0.3, -0.25) is 0 Å². The van der Waals surface area contributed by atoms with Crippen LogP contribution in [0.15, 0.2) is 0 Å². The van der Waals surface area contributed by atoms with E-state index in [0.717, 1.165) is 17.7 Å². The molecule has 0 bridgehead atoms. The smallest absolute Gasteiger partial charge is 0.0254 e. The van der Waals surface area contributed by atoms with Gasteiger partial charge >= 0.3 is 0 Å². The minimum Gasteiger partial charge on any atom is -0.316 e. The van der Waals surface area contributed by atoms with Crippen molar-refractivity contribution in [2.24, 2.45) is 11.8 Å². The molecule has 1 saturated carbocycles. The van der Waals surface area contributed by atoms with Crippen LogP contribution in [0.4, 0.5) is 0 Å². The van der Waals surface area contributed by atoms with E-state index in [4.69, 9.17) is 11.6 Å². The Kier molecular flexibility index (Phi) is 12.8. The highest BCUT2D eigenvalue weighted by molar-refractivity contribution is 6.18. The summed E-state index contributed by atoms with van der Waals surface area (Å²) in [6.45, 7) is 4.70. The Hall–Kier alpha value is 0.250. The molecule has 0 amide bonds. The highest BCUT2D eigenvalue weighted by Gasteiger charge is 2.25. The van der Waals surface area contributed by atoms with Crippen molar-refractivity contribution in [2.75, 3.05) is 19.0 Å². The van der Waals surface area contributed by atoms with E-state index in [-0.39, 0.29) is 0 Å². The first-order valence-corrected chi connectivity index (χ1v) is 10.2. The van der Waals surface area contributed by atoms with Gasteiger partial charge in [0.2, 0.25) is 0 Å². The van der Waals surface area contributed by atoms with Crippen molar-refractivity contribution in [3.8, 4) is 0 Å². The van der Waals surface area contributed by atoms with Gasteiger partial charge < -0.3 is 5.32 Å². The molecule has 0 radical (unpaired) electrons. The minimum atomic E-state index is 0.784. The number of unbranched alkanes of at least 4 members (excludes halogenated alkanes) is 9. The van der Waals surface area contributed by atoms with Crippen molar-refractivity contribution >= 4 is 11.6 Å². The molecule has 2 atom stereocenters. The molecule has 0 aliphatic heterocycles. The van der Waals surface area contributed by atoms with Gasteiger partial charge in [-0.15, -0.1) is 11.6 Å². The number of nitrogens with one attached hydrogen (secondary N) is 1. The zero-order chi connectivity index (χ0) is 15.2. The molecule has 0 saturated heterocycles. The zero-order valence-electron chi connectivity index (χ0n) is 14.3. The van der Waals surface area contributed by atoms with E-state index in [1.807, 2.05) is 0 Å². The predicted octanol–water partition coefficient (Wildman–Crippen LogP) is 6.15. The largest absolute Gasteiger partial charge is 0.316 e. The maximum atomic E-state index is 6.03. The lowest BCUT2D eigenvalue weighted by atomic mass is 9.98. The molecule has 2 unspecified atom stereocenters. The Morgan fingerprint density at radius 1 is 0.810 bits per heavy atom. The maximum Gasteiger partial charge on any atom is 0.0254 e. The molecular formula is C19H38ClN. The second-order valence-corrected chi connectivity index (χ2v) is 7.30. The molecule has 0 heterocycles. The Morgan fingerprint density at radius 3 is 2.00 bits per heavy atom. The van der Waals surface area contributed by atoms with Crippen LogP contribution >= 0.6 is 11.6 Å². The Morgan fingerprint density at radius 2 is 1.38 bits per heavy atom. The molecule has 1 rings (SSSR count). The average molecular weight is 316 g/mol. The number of alkyl halides is 1. The van der Waals surface area contributed by atoms with Crippen LogP contribution < -0.4 is 5.32 Å². The van der Waals surface area contributed by atoms with E-state index < -0.39 is 0 Å². The van der Waals surface area contributed by atoms with Gasteiger partial charge in [-0.05, 0) is 44.2 Å². The van der Waals surface area contributed by atoms with Gasteiger partial charge in [0.25, 0.3) is 0 Å². The molecule has 1 N–H and O–H groups in total. The summed E-state index contributed by atoms with van der Waals surface area (Å²) in [5.74, 6) is 2.50. The summed E-state index contributed by atoms with van der Waals surface area (Å²) in [7, 11) is 0. The summed E-state index contributed by atoms with van der Waals surface area (Å²) < 4.78 is 0. The van der Waals surface area contributed by atoms with Crippen molar-refractivity contribution in [2.45, 2.75) is 90.4 Å². The Bertz CT molecular complexity index is 220. The quantitative estimate of drug-likeness (QED) is 0.299. The fourth-order valence-electron chi connectivity index (χ4n) is 3.61. The first-order chi connectivity index (χ1) is 10.4. The van der Waals surface area contributed by atoms with Crippen molar-refractivity contribution in [1.82, 2.24) is 5.32 Å². The highest BCUT2D eigenvalue weighted by Crippen LogP contribution is 2.31. The molecule has 0 aromatic rings. The number of halogens is 1. The first-order valence-electron chi connectivity index (χ1n) is 9.65. The van der Waals surface area contributed by atoms with Crippen LogP contribution in [0.25, 0.3) is 0 Å². The zero-order valence-corrected chi connectivity index (χ0v) is 15.1. The van der Waals surface area contributed by atoms with Crippen molar-refractivity contribution in [3.63, 3.8) is 0 Å². The van der Waals surface area contributed by atoms with Gasteiger partial charge in [0.05, 0.1) is 0 Å². The van der Waals surface area contributed by atoms with Gasteiger partial charge in [0.1, 0.15) is 0 Å². The topological polar surface area (TPSA) is 12.0 Å². The lowest BCUT2D eigenvalue weighted by Gasteiger charge is -2.17. The monoisotopic (exact) mass is 315 g/mol. The molecule has 126 valence electrons. The minimum absolute atomic E-state index is 0.784. The van der Waals surface area contributed by atoms with Crippen LogP contribution in [0.3, 0.4) is 0 Å². The third kappa shape index (κ3) is 9.79. The molecule has 1 aliphatic rings. The average Bonchev–Trinajstić information content (AvgIpc) is 2.96. The van der Waals surface area contributed by atoms with E-state index in [1.54, 1.807) is 0 Å². The first kappa shape index (κ1) is 19.3. The van der Waals surface area contributed by atoms with Gasteiger partial charge in [0, 0.05) is 5.88 Å². The van der Waals surface area contributed by atoms with E-state index in [9.17, 15) is 0 Å². The Balaban J connectivity index is 1.76. The Labute approximate surface area is 138 Å². The van der Waals surface area contributed by atoms with Gasteiger partial charge in [-0.1, -0.05) is 71.1 Å². The van der Waals surface area contributed by atoms with Crippen molar-refractivity contribution in [1.29, 1.82) is 0 Å². The summed E-state index contributed by atoms with van der Waals surface area (Å²) in [6.07, 6.45) is 18.4. The van der Waals surface area contributed by atoms with E-state index in [0.29, 0.717) is 0 Å². The van der Waals surface area contributed by atoms with Crippen LogP contribution in [-0.2, 0) is 0 Å². The van der Waals surface area contributed by atoms with Crippen molar-refractivity contribution in [3.05, 3.63) is 0 Å². The van der Waals surface area contributed by atoms with Crippen LogP contribution in [0.5, 0.6) is 0 Å². The normalized spacial score (nSPS) is 22.0. The van der Waals surface area contributed by atoms with Gasteiger partial charge in [-0.2, -0.15) is 0 Å². The van der Waals surface area contributed by atoms with Crippen molar-refractivity contribution < 1.29 is 0 Å².